The van der Waals surface area contributed by atoms with Gasteiger partial charge in [-0.3, -0.25) is 5.01 Å². The summed E-state index contributed by atoms with van der Waals surface area (Å²) in [5.74, 6) is 0. The number of benzene rings is 2. The molecule has 0 N–H and O–H groups in total. The first kappa shape index (κ1) is 15.9. The molecular formula is C22H25N3. The number of rotatable bonds is 3. The summed E-state index contributed by atoms with van der Waals surface area (Å²) < 4.78 is 0. The predicted molar refractivity (Wildman–Crippen MR) is 105 cm³/mol. The second-order valence-corrected chi connectivity index (χ2v) is 7.46. The van der Waals surface area contributed by atoms with Crippen LogP contribution in [-0.2, 0) is 5.41 Å². The lowest BCUT2D eigenvalue weighted by molar-refractivity contribution is 0.428. The number of hydrogen-bond donors (Lipinski definition) is 0. The van der Waals surface area contributed by atoms with Crippen molar-refractivity contribution in [3.63, 3.8) is 0 Å². The minimum Gasteiger partial charge on any atom is -0.367 e. The molecule has 0 saturated carbocycles. The number of para-hydroxylation sites is 1. The average molecular weight is 331 g/mol. The van der Waals surface area contributed by atoms with Crippen LogP contribution in [0.25, 0.3) is 0 Å². The van der Waals surface area contributed by atoms with Crippen LogP contribution in [0.2, 0.25) is 0 Å². The van der Waals surface area contributed by atoms with Gasteiger partial charge in [0, 0.05) is 37.3 Å². The van der Waals surface area contributed by atoms with Gasteiger partial charge in [0.25, 0.3) is 0 Å². The van der Waals surface area contributed by atoms with Crippen LogP contribution in [0.4, 0.5) is 5.69 Å². The third-order valence-electron chi connectivity index (χ3n) is 5.51. The predicted octanol–water partition coefficient (Wildman–Crippen LogP) is 4.41. The summed E-state index contributed by atoms with van der Waals surface area (Å²) in [5.41, 5.74) is 5.24. The fraction of sp³-hybridized carbons (Fsp3) is 0.318. The molecule has 0 aromatic heterocycles. The summed E-state index contributed by atoms with van der Waals surface area (Å²) in [4.78, 5) is 2.38. The van der Waals surface area contributed by atoms with E-state index < -0.39 is 0 Å². The fourth-order valence-electron chi connectivity index (χ4n) is 4.09. The van der Waals surface area contributed by atoms with Gasteiger partial charge in [-0.05, 0) is 23.3 Å². The zero-order valence-corrected chi connectivity index (χ0v) is 15.2. The molecule has 2 aromatic carbocycles. The molecule has 0 saturated heterocycles. The van der Waals surface area contributed by atoms with Crippen molar-refractivity contribution >= 4 is 11.4 Å². The fourth-order valence-corrected chi connectivity index (χ4v) is 4.09. The van der Waals surface area contributed by atoms with Crippen molar-refractivity contribution in [3.05, 3.63) is 78.0 Å². The molecule has 2 aliphatic rings. The molecule has 2 aliphatic heterocycles. The first-order valence-electron chi connectivity index (χ1n) is 8.97. The molecule has 0 spiro atoms. The smallest absolute Gasteiger partial charge is 0.0700 e. The van der Waals surface area contributed by atoms with Crippen LogP contribution in [0.1, 0.15) is 31.4 Å². The lowest BCUT2D eigenvalue weighted by Crippen LogP contribution is -2.37. The van der Waals surface area contributed by atoms with Crippen LogP contribution >= 0.6 is 0 Å². The van der Waals surface area contributed by atoms with Crippen LogP contribution in [0.3, 0.4) is 0 Å². The SMILES string of the molecule is CN1c2ccccc2C(C)(C)C1/C=C/N1CCC(c2ccccc2)=N1. The molecule has 25 heavy (non-hydrogen) atoms. The Morgan fingerprint density at radius 2 is 1.76 bits per heavy atom. The van der Waals surface area contributed by atoms with Crippen molar-refractivity contribution in [3.8, 4) is 0 Å². The zero-order chi connectivity index (χ0) is 17.4. The van der Waals surface area contributed by atoms with Gasteiger partial charge in [-0.1, -0.05) is 62.4 Å². The van der Waals surface area contributed by atoms with Crippen LogP contribution < -0.4 is 4.90 Å². The van der Waals surface area contributed by atoms with E-state index in [0.717, 1.165) is 13.0 Å². The normalized spacial score (nSPS) is 21.7. The molecule has 1 unspecified atom stereocenters. The number of hydrazone groups is 1. The van der Waals surface area contributed by atoms with Gasteiger partial charge in [-0.25, -0.2) is 0 Å². The Morgan fingerprint density at radius 1 is 1.04 bits per heavy atom. The number of likely N-dealkylation sites (N-methyl/N-ethyl adjacent to an activating group) is 1. The maximum Gasteiger partial charge on any atom is 0.0700 e. The van der Waals surface area contributed by atoms with E-state index in [-0.39, 0.29) is 5.41 Å². The molecule has 1 atom stereocenters. The molecule has 3 heteroatoms. The van der Waals surface area contributed by atoms with E-state index in [1.54, 1.807) is 0 Å². The summed E-state index contributed by atoms with van der Waals surface area (Å²) in [5, 5.41) is 6.86. The second-order valence-electron chi connectivity index (χ2n) is 7.46. The summed E-state index contributed by atoms with van der Waals surface area (Å²) in [7, 11) is 2.19. The third-order valence-corrected chi connectivity index (χ3v) is 5.51. The van der Waals surface area contributed by atoms with Crippen LogP contribution in [0, 0.1) is 0 Å². The Bertz CT molecular complexity index is 820. The van der Waals surface area contributed by atoms with Gasteiger partial charge in [0.15, 0.2) is 0 Å². The quantitative estimate of drug-likeness (QED) is 0.830. The van der Waals surface area contributed by atoms with E-state index in [1.165, 1.54) is 22.5 Å². The summed E-state index contributed by atoms with van der Waals surface area (Å²) in [6, 6.07) is 19.5. The van der Waals surface area contributed by atoms with Gasteiger partial charge < -0.3 is 4.90 Å². The Kier molecular flexibility index (Phi) is 3.87. The highest BCUT2D eigenvalue weighted by Gasteiger charge is 2.41. The van der Waals surface area contributed by atoms with Gasteiger partial charge in [0.1, 0.15) is 0 Å². The summed E-state index contributed by atoms with van der Waals surface area (Å²) in [6.45, 7) is 5.60. The van der Waals surface area contributed by atoms with Crippen molar-refractivity contribution in [1.82, 2.24) is 5.01 Å². The molecule has 0 bridgehead atoms. The van der Waals surface area contributed by atoms with E-state index in [0.29, 0.717) is 6.04 Å². The van der Waals surface area contributed by atoms with E-state index in [2.05, 4.69) is 91.6 Å². The van der Waals surface area contributed by atoms with E-state index >= 15 is 0 Å². The Balaban J connectivity index is 1.54. The molecule has 0 aliphatic carbocycles. The number of anilines is 1. The van der Waals surface area contributed by atoms with Gasteiger partial charge >= 0.3 is 0 Å². The summed E-state index contributed by atoms with van der Waals surface area (Å²) in [6.07, 6.45) is 5.46. The number of nitrogens with zero attached hydrogens (tertiary/aromatic N) is 3. The minimum atomic E-state index is 0.0908. The Labute approximate surface area is 150 Å². The molecule has 2 heterocycles. The maximum absolute atomic E-state index is 4.79. The number of hydrogen-bond acceptors (Lipinski definition) is 3. The largest absolute Gasteiger partial charge is 0.367 e. The van der Waals surface area contributed by atoms with Gasteiger partial charge in [0.05, 0.1) is 11.8 Å². The summed E-state index contributed by atoms with van der Waals surface area (Å²) >= 11 is 0. The molecular weight excluding hydrogens is 306 g/mol. The Morgan fingerprint density at radius 3 is 2.52 bits per heavy atom. The molecule has 0 radical (unpaired) electrons. The van der Waals surface area contributed by atoms with E-state index in [9.17, 15) is 0 Å². The average Bonchev–Trinajstić information content (AvgIpc) is 3.17. The maximum atomic E-state index is 4.79. The molecule has 128 valence electrons. The van der Waals surface area contributed by atoms with Crippen LogP contribution in [-0.4, -0.2) is 30.4 Å². The van der Waals surface area contributed by atoms with Crippen molar-refractivity contribution in [1.29, 1.82) is 0 Å². The third kappa shape index (κ3) is 2.74. The highest BCUT2D eigenvalue weighted by molar-refractivity contribution is 6.01. The monoisotopic (exact) mass is 331 g/mol. The van der Waals surface area contributed by atoms with Crippen molar-refractivity contribution < 1.29 is 0 Å². The lowest BCUT2D eigenvalue weighted by atomic mass is 9.80. The number of fused-ring (bicyclic) bond motifs is 1. The van der Waals surface area contributed by atoms with Gasteiger partial charge in [-0.2, -0.15) is 5.10 Å². The van der Waals surface area contributed by atoms with Crippen molar-refractivity contribution in [2.45, 2.75) is 31.7 Å². The minimum absolute atomic E-state index is 0.0908. The molecule has 4 rings (SSSR count). The standard InChI is InChI=1S/C22H25N3/c1-22(2)18-11-7-8-12-20(18)24(3)21(22)14-16-25-15-13-19(23-25)17-9-5-4-6-10-17/h4-12,14,16,21H,13,15H2,1-3H3/b16-14+. The van der Waals surface area contributed by atoms with Crippen molar-refractivity contribution in [2.75, 3.05) is 18.5 Å². The second kappa shape index (κ2) is 6.07. The van der Waals surface area contributed by atoms with Crippen LogP contribution in [0.15, 0.2) is 72.0 Å². The van der Waals surface area contributed by atoms with E-state index in [1.807, 2.05) is 6.07 Å². The zero-order valence-electron chi connectivity index (χ0n) is 15.2. The van der Waals surface area contributed by atoms with Gasteiger partial charge in [-0.15, -0.1) is 0 Å². The first-order chi connectivity index (χ1) is 12.1. The van der Waals surface area contributed by atoms with Gasteiger partial charge in [0.2, 0.25) is 0 Å². The molecule has 0 fully saturated rings. The first-order valence-corrected chi connectivity index (χ1v) is 8.97. The van der Waals surface area contributed by atoms with Crippen LogP contribution in [0.5, 0.6) is 0 Å². The molecule has 2 aromatic rings. The molecule has 0 amide bonds. The topological polar surface area (TPSA) is 18.8 Å². The molecule has 3 nitrogen and oxygen atoms in total. The Hall–Kier alpha value is -2.55. The highest BCUT2D eigenvalue weighted by Crippen LogP contribution is 2.44. The highest BCUT2D eigenvalue weighted by atomic mass is 15.5. The lowest BCUT2D eigenvalue weighted by Gasteiger charge is -2.30. The van der Waals surface area contributed by atoms with Crippen molar-refractivity contribution in [2.24, 2.45) is 5.10 Å². The van der Waals surface area contributed by atoms with E-state index in [4.69, 9.17) is 5.10 Å².